The maximum Gasteiger partial charge on any atom is 0.258 e. The fraction of sp³-hybridized carbons (Fsp3) is 0.400. The smallest absolute Gasteiger partial charge is 0.258 e. The van der Waals surface area contributed by atoms with Crippen LogP contribution in [0.4, 0.5) is 17.3 Å². The average molecular weight is 514 g/mol. The number of hydrogen-bond donors (Lipinski definition) is 6. The number of carbonyl (C=O) groups excluding carboxylic acids is 1. The van der Waals surface area contributed by atoms with Gasteiger partial charge in [-0.15, -0.1) is 0 Å². The Bertz CT molecular complexity index is 1240. The van der Waals surface area contributed by atoms with Gasteiger partial charge < -0.3 is 36.0 Å². The highest BCUT2D eigenvalue weighted by atomic mass is 32.1. The number of nitrogens with zero attached hydrogens (tertiary/aromatic N) is 3. The number of likely N-dealkylation sites (tertiary alicyclic amines) is 1. The number of phenols is 3. The number of aliphatic hydroxyl groups excluding tert-OH is 1. The lowest BCUT2D eigenvalue weighted by Gasteiger charge is -2.32. The largest absolute Gasteiger partial charge is 0.505 e. The number of aromatic nitrogens is 2. The van der Waals surface area contributed by atoms with Crippen LogP contribution in [0, 0.1) is 5.41 Å². The molecule has 0 aliphatic carbocycles. The minimum atomic E-state index is -0.331. The Balaban J connectivity index is 1.59. The first-order chi connectivity index (χ1) is 17.1. The van der Waals surface area contributed by atoms with Crippen LogP contribution in [0.15, 0.2) is 36.4 Å². The number of hydrogen-bond acceptors (Lipinski definition) is 10. The van der Waals surface area contributed by atoms with Crippen LogP contribution in [0.25, 0.3) is 0 Å². The molecule has 2 atom stereocenters. The molecule has 3 aromatic rings. The summed E-state index contributed by atoms with van der Waals surface area (Å²) in [5.74, 6) is -0.155. The van der Waals surface area contributed by atoms with Gasteiger partial charge in [-0.05, 0) is 48.1 Å². The van der Waals surface area contributed by atoms with Gasteiger partial charge in [-0.2, -0.15) is 8.75 Å². The molecule has 1 aliphatic rings. The van der Waals surface area contributed by atoms with Crippen LogP contribution < -0.4 is 10.6 Å². The summed E-state index contributed by atoms with van der Waals surface area (Å²) >= 11 is 0.980. The molecule has 1 aliphatic heterocycles. The lowest BCUT2D eigenvalue weighted by atomic mass is 9.82. The Kier molecular flexibility index (Phi) is 7.23. The normalized spacial score (nSPS) is 16.7. The Morgan fingerprint density at radius 3 is 2.58 bits per heavy atom. The Morgan fingerprint density at radius 1 is 1.14 bits per heavy atom. The maximum absolute atomic E-state index is 13.1. The van der Waals surface area contributed by atoms with Crippen molar-refractivity contribution < 1.29 is 25.2 Å². The van der Waals surface area contributed by atoms with Crippen molar-refractivity contribution in [2.24, 2.45) is 5.41 Å². The summed E-state index contributed by atoms with van der Waals surface area (Å²) in [7, 11) is 0. The molecule has 2 aromatic carbocycles. The summed E-state index contributed by atoms with van der Waals surface area (Å²) in [5.41, 5.74) is 0.880. The number of amides is 1. The van der Waals surface area contributed by atoms with Gasteiger partial charge >= 0.3 is 0 Å². The summed E-state index contributed by atoms with van der Waals surface area (Å²) in [4.78, 5) is 14.7. The Morgan fingerprint density at radius 2 is 1.89 bits per heavy atom. The fourth-order valence-electron chi connectivity index (χ4n) is 4.41. The highest BCUT2D eigenvalue weighted by Gasteiger charge is 2.31. The van der Waals surface area contributed by atoms with Crippen molar-refractivity contribution in [1.29, 1.82) is 0 Å². The van der Waals surface area contributed by atoms with Gasteiger partial charge in [0.1, 0.15) is 0 Å². The van der Waals surface area contributed by atoms with Gasteiger partial charge in [-0.3, -0.25) is 4.79 Å². The predicted molar refractivity (Wildman–Crippen MR) is 138 cm³/mol. The molecule has 192 valence electrons. The second kappa shape index (κ2) is 10.2. The van der Waals surface area contributed by atoms with E-state index in [0.717, 1.165) is 30.1 Å². The van der Waals surface area contributed by atoms with Crippen LogP contribution in [0.1, 0.15) is 55.6 Å². The maximum atomic E-state index is 13.1. The zero-order chi connectivity index (χ0) is 26.0. The summed E-state index contributed by atoms with van der Waals surface area (Å²) in [5, 5.41) is 46.7. The van der Waals surface area contributed by atoms with Crippen LogP contribution in [0.2, 0.25) is 0 Å². The van der Waals surface area contributed by atoms with Gasteiger partial charge in [-0.1, -0.05) is 32.9 Å². The molecule has 10 nitrogen and oxygen atoms in total. The first-order valence-electron chi connectivity index (χ1n) is 11.7. The molecule has 1 fully saturated rings. The number of rotatable bonds is 7. The molecule has 1 aromatic heterocycles. The van der Waals surface area contributed by atoms with Crippen LogP contribution in [0.3, 0.4) is 0 Å². The third-order valence-corrected chi connectivity index (χ3v) is 6.87. The van der Waals surface area contributed by atoms with E-state index in [4.69, 9.17) is 0 Å². The number of anilines is 3. The molecule has 0 saturated carbocycles. The number of nitrogens with one attached hydrogen (secondary N) is 2. The zero-order valence-corrected chi connectivity index (χ0v) is 21.2. The van der Waals surface area contributed by atoms with Crippen molar-refractivity contribution in [3.63, 3.8) is 0 Å². The lowest BCUT2D eigenvalue weighted by molar-refractivity contribution is 0.0674. The van der Waals surface area contributed by atoms with Gasteiger partial charge in [-0.25, -0.2) is 0 Å². The summed E-state index contributed by atoms with van der Waals surface area (Å²) in [6, 6.07) is 8.98. The highest BCUT2D eigenvalue weighted by Crippen LogP contribution is 2.41. The number of benzene rings is 2. The molecular weight excluding hydrogens is 482 g/mol. The van der Waals surface area contributed by atoms with Crippen molar-refractivity contribution in [2.75, 3.05) is 23.8 Å². The first-order valence-corrected chi connectivity index (χ1v) is 12.4. The molecule has 6 N–H and O–H groups in total. The second-order valence-electron chi connectivity index (χ2n) is 9.96. The number of aliphatic hydroxyl groups is 1. The Labute approximate surface area is 213 Å². The molecule has 0 spiro atoms. The van der Waals surface area contributed by atoms with E-state index in [1.807, 2.05) is 20.8 Å². The molecular formula is C25H31N5O5S. The minimum Gasteiger partial charge on any atom is -0.505 e. The summed E-state index contributed by atoms with van der Waals surface area (Å²) in [6.07, 6.45) is 1.54. The van der Waals surface area contributed by atoms with Gasteiger partial charge in [0.15, 0.2) is 28.9 Å². The van der Waals surface area contributed by atoms with E-state index in [2.05, 4.69) is 19.4 Å². The van der Waals surface area contributed by atoms with E-state index >= 15 is 0 Å². The quantitative estimate of drug-likeness (QED) is 0.255. The number of aromatic hydroxyl groups is 3. The monoisotopic (exact) mass is 513 g/mol. The molecule has 0 bridgehead atoms. The second-order valence-corrected chi connectivity index (χ2v) is 10.5. The molecule has 11 heteroatoms. The van der Waals surface area contributed by atoms with Crippen molar-refractivity contribution in [3.05, 3.63) is 47.5 Å². The predicted octanol–water partition coefficient (Wildman–Crippen LogP) is 4.19. The van der Waals surface area contributed by atoms with E-state index in [0.29, 0.717) is 23.9 Å². The van der Waals surface area contributed by atoms with Crippen LogP contribution in [0.5, 0.6) is 17.2 Å². The SMILES string of the molecule is CC(C)(C)C(Nc1nsnc1Nc1cccc(C(=O)N2CCC[C@H]2CO)c1O)c1ccc(O)c(O)c1. The van der Waals surface area contributed by atoms with E-state index in [9.17, 15) is 25.2 Å². The van der Waals surface area contributed by atoms with Gasteiger partial charge in [0.2, 0.25) is 0 Å². The molecule has 1 unspecified atom stereocenters. The van der Waals surface area contributed by atoms with E-state index in [1.165, 1.54) is 12.1 Å². The topological polar surface area (TPSA) is 151 Å². The van der Waals surface area contributed by atoms with E-state index in [-0.39, 0.29) is 52.8 Å². The zero-order valence-electron chi connectivity index (χ0n) is 20.4. The van der Waals surface area contributed by atoms with Gasteiger partial charge in [0.25, 0.3) is 5.91 Å². The number of para-hydroxylation sites is 1. The van der Waals surface area contributed by atoms with Crippen LogP contribution in [-0.2, 0) is 0 Å². The van der Waals surface area contributed by atoms with E-state index in [1.54, 1.807) is 29.2 Å². The average Bonchev–Trinajstić information content (AvgIpc) is 3.49. The number of phenolic OH excluding ortho intramolecular Hbond substituents is 3. The molecule has 0 radical (unpaired) electrons. The first kappa shape index (κ1) is 25.5. The molecule has 2 heterocycles. The van der Waals surface area contributed by atoms with Crippen molar-refractivity contribution in [1.82, 2.24) is 13.6 Å². The van der Waals surface area contributed by atoms with E-state index < -0.39 is 0 Å². The molecule has 36 heavy (non-hydrogen) atoms. The lowest BCUT2D eigenvalue weighted by Crippen LogP contribution is -2.37. The fourth-order valence-corrected chi connectivity index (χ4v) is 4.89. The van der Waals surface area contributed by atoms with Crippen molar-refractivity contribution in [2.45, 2.75) is 45.7 Å². The molecule has 4 rings (SSSR count). The highest BCUT2D eigenvalue weighted by molar-refractivity contribution is 6.99. The van der Waals surface area contributed by atoms with Crippen molar-refractivity contribution in [3.8, 4) is 17.2 Å². The van der Waals surface area contributed by atoms with Gasteiger partial charge in [0.05, 0.1) is 41.7 Å². The third-order valence-electron chi connectivity index (χ3n) is 6.34. The summed E-state index contributed by atoms with van der Waals surface area (Å²) < 4.78 is 8.68. The van der Waals surface area contributed by atoms with Gasteiger partial charge in [0, 0.05) is 6.54 Å². The minimum absolute atomic E-state index is 0.113. The number of carbonyl (C=O) groups is 1. The van der Waals surface area contributed by atoms with Crippen LogP contribution in [-0.4, -0.2) is 59.2 Å². The standard InChI is InChI=1S/C25H31N5O5S/c1-25(2,3)21(14-9-10-18(32)19(33)12-14)27-23-22(28-36-29-23)26-17-8-4-7-16(20(17)34)24(35)30-11-5-6-15(30)13-31/h4,7-10,12,15,21,31-34H,5-6,11,13H2,1-3H3,(H,26,28)(H,27,29)/t15-,21?/m0/s1. The van der Waals surface area contributed by atoms with Crippen molar-refractivity contribution >= 4 is 35.0 Å². The Hall–Kier alpha value is -3.57. The molecule has 1 amide bonds. The summed E-state index contributed by atoms with van der Waals surface area (Å²) in [6.45, 7) is 6.51. The third kappa shape index (κ3) is 5.17. The van der Waals surface area contributed by atoms with Crippen LogP contribution >= 0.6 is 11.7 Å². The molecule has 1 saturated heterocycles.